The Labute approximate surface area is 191 Å². The van der Waals surface area contributed by atoms with Gasteiger partial charge < -0.3 is 10.2 Å². The lowest BCUT2D eigenvalue weighted by molar-refractivity contribution is 0.0521. The predicted molar refractivity (Wildman–Crippen MR) is 122 cm³/mol. The summed E-state index contributed by atoms with van der Waals surface area (Å²) in [6.45, 7) is 1.59. The monoisotopic (exact) mass is 464 g/mol. The summed E-state index contributed by atoms with van der Waals surface area (Å²) in [5.41, 5.74) is 1.28. The molecule has 1 aliphatic carbocycles. The van der Waals surface area contributed by atoms with Crippen molar-refractivity contribution in [2.45, 2.75) is 32.1 Å². The van der Waals surface area contributed by atoms with Gasteiger partial charge in [-0.05, 0) is 61.1 Å². The number of carbonyl (C=O) groups is 2. The van der Waals surface area contributed by atoms with Crippen molar-refractivity contribution in [3.8, 4) is 0 Å². The number of piperidine rings is 1. The molecule has 30 heavy (non-hydrogen) atoms. The number of amides is 2. The number of nitrogens with one attached hydrogen (secondary N) is 1. The third-order valence-electron chi connectivity index (χ3n) is 6.21. The SMILES string of the molecule is O=C(Nc1ccc(C(=O)N2CC[C@H]3CCCC[C@H]3C2)c(Cl)c1)c1ccc(Cl)cc1Cl. The smallest absolute Gasteiger partial charge is 0.257 e. The Bertz CT molecular complexity index is 979. The van der Waals surface area contributed by atoms with E-state index in [2.05, 4.69) is 5.32 Å². The summed E-state index contributed by atoms with van der Waals surface area (Å²) >= 11 is 18.4. The fourth-order valence-electron chi connectivity index (χ4n) is 4.59. The van der Waals surface area contributed by atoms with Crippen LogP contribution < -0.4 is 5.32 Å². The molecule has 0 bridgehead atoms. The maximum Gasteiger partial charge on any atom is 0.257 e. The molecule has 2 aromatic carbocycles. The molecule has 158 valence electrons. The van der Waals surface area contributed by atoms with Gasteiger partial charge in [-0.1, -0.05) is 54.1 Å². The average molecular weight is 466 g/mol. The van der Waals surface area contributed by atoms with E-state index in [1.807, 2.05) is 4.90 Å². The molecule has 2 atom stereocenters. The third-order valence-corrected chi connectivity index (χ3v) is 7.07. The van der Waals surface area contributed by atoms with Gasteiger partial charge in [0.25, 0.3) is 11.8 Å². The molecule has 1 saturated heterocycles. The number of hydrogen-bond donors (Lipinski definition) is 1. The van der Waals surface area contributed by atoms with Crippen LogP contribution in [0.1, 0.15) is 52.8 Å². The van der Waals surface area contributed by atoms with Crippen LogP contribution in [0.3, 0.4) is 0 Å². The first-order valence-electron chi connectivity index (χ1n) is 10.3. The highest BCUT2D eigenvalue weighted by atomic mass is 35.5. The minimum atomic E-state index is -0.369. The summed E-state index contributed by atoms with van der Waals surface area (Å²) in [5.74, 6) is 0.960. The molecule has 0 unspecified atom stereocenters. The Kier molecular flexibility index (Phi) is 6.57. The van der Waals surface area contributed by atoms with Crippen molar-refractivity contribution in [3.05, 3.63) is 62.6 Å². The van der Waals surface area contributed by atoms with E-state index in [1.165, 1.54) is 31.7 Å². The van der Waals surface area contributed by atoms with E-state index in [4.69, 9.17) is 34.8 Å². The number of carbonyl (C=O) groups excluding carboxylic acids is 2. The maximum atomic E-state index is 13.1. The molecule has 0 spiro atoms. The maximum absolute atomic E-state index is 13.1. The molecule has 0 aromatic heterocycles. The van der Waals surface area contributed by atoms with Crippen molar-refractivity contribution in [1.29, 1.82) is 0 Å². The summed E-state index contributed by atoms with van der Waals surface area (Å²) < 4.78 is 0. The Balaban J connectivity index is 1.45. The van der Waals surface area contributed by atoms with E-state index in [0.29, 0.717) is 32.8 Å². The van der Waals surface area contributed by atoms with E-state index in [-0.39, 0.29) is 16.8 Å². The molecule has 2 amide bonds. The highest BCUT2D eigenvalue weighted by Crippen LogP contribution is 2.37. The number of halogens is 3. The average Bonchev–Trinajstić information content (AvgIpc) is 2.73. The fraction of sp³-hybridized carbons (Fsp3) is 0.391. The van der Waals surface area contributed by atoms with Crippen molar-refractivity contribution in [1.82, 2.24) is 4.90 Å². The molecule has 1 N–H and O–H groups in total. The van der Waals surface area contributed by atoms with Gasteiger partial charge in [-0.25, -0.2) is 0 Å². The molecule has 2 aromatic rings. The van der Waals surface area contributed by atoms with Crippen LogP contribution in [0, 0.1) is 11.8 Å². The molecule has 2 fully saturated rings. The highest BCUT2D eigenvalue weighted by Gasteiger charge is 2.33. The predicted octanol–water partition coefficient (Wildman–Crippen LogP) is 6.55. The lowest BCUT2D eigenvalue weighted by Gasteiger charge is -2.41. The molecule has 4 rings (SSSR count). The summed E-state index contributed by atoms with van der Waals surface area (Å²) in [6.07, 6.45) is 6.15. The number of hydrogen-bond acceptors (Lipinski definition) is 2. The summed E-state index contributed by atoms with van der Waals surface area (Å²) in [6, 6.07) is 9.65. The van der Waals surface area contributed by atoms with Crippen LogP contribution in [-0.2, 0) is 0 Å². The number of benzene rings is 2. The van der Waals surface area contributed by atoms with Crippen LogP contribution in [0.4, 0.5) is 5.69 Å². The second-order valence-corrected chi connectivity index (χ2v) is 9.37. The van der Waals surface area contributed by atoms with Crippen LogP contribution in [0.5, 0.6) is 0 Å². The fourth-order valence-corrected chi connectivity index (χ4v) is 5.35. The van der Waals surface area contributed by atoms with Gasteiger partial charge in [0, 0.05) is 23.8 Å². The van der Waals surface area contributed by atoms with Gasteiger partial charge in [-0.3, -0.25) is 9.59 Å². The lowest BCUT2D eigenvalue weighted by Crippen LogP contribution is -2.44. The van der Waals surface area contributed by atoms with E-state index in [1.54, 1.807) is 30.3 Å². The van der Waals surface area contributed by atoms with Gasteiger partial charge in [-0.2, -0.15) is 0 Å². The van der Waals surface area contributed by atoms with Gasteiger partial charge in [-0.15, -0.1) is 0 Å². The van der Waals surface area contributed by atoms with Crippen LogP contribution in [0.25, 0.3) is 0 Å². The van der Waals surface area contributed by atoms with Crippen molar-refractivity contribution < 1.29 is 9.59 Å². The second-order valence-electron chi connectivity index (χ2n) is 8.12. The third kappa shape index (κ3) is 4.61. The number of fused-ring (bicyclic) bond motifs is 1. The van der Waals surface area contributed by atoms with Crippen molar-refractivity contribution in [2.24, 2.45) is 11.8 Å². The zero-order chi connectivity index (χ0) is 21.3. The largest absolute Gasteiger partial charge is 0.338 e. The molecular weight excluding hydrogens is 443 g/mol. The Morgan fingerprint density at radius 1 is 0.867 bits per heavy atom. The molecule has 4 nitrogen and oxygen atoms in total. The summed E-state index contributed by atoms with van der Waals surface area (Å²) in [5, 5.41) is 3.82. The highest BCUT2D eigenvalue weighted by molar-refractivity contribution is 6.37. The Morgan fingerprint density at radius 3 is 2.30 bits per heavy atom. The van der Waals surface area contributed by atoms with Crippen molar-refractivity contribution >= 4 is 52.3 Å². The van der Waals surface area contributed by atoms with Gasteiger partial charge in [0.15, 0.2) is 0 Å². The Morgan fingerprint density at radius 2 is 1.57 bits per heavy atom. The van der Waals surface area contributed by atoms with Gasteiger partial charge in [0.1, 0.15) is 0 Å². The first kappa shape index (κ1) is 21.5. The summed E-state index contributed by atoms with van der Waals surface area (Å²) in [4.78, 5) is 27.5. The standard InChI is InChI=1S/C23H23Cl3N2O2/c24-16-5-7-18(20(25)11-16)22(29)27-17-6-8-19(21(26)12-17)23(30)28-10-9-14-3-1-2-4-15(14)13-28/h5-8,11-12,14-15H,1-4,9-10,13H2,(H,27,29)/t14-,15+/m1/s1. The molecule has 0 radical (unpaired) electrons. The Hall–Kier alpha value is -1.75. The second kappa shape index (κ2) is 9.17. The van der Waals surface area contributed by atoms with Crippen LogP contribution >= 0.6 is 34.8 Å². The summed E-state index contributed by atoms with van der Waals surface area (Å²) in [7, 11) is 0. The zero-order valence-electron chi connectivity index (χ0n) is 16.5. The topological polar surface area (TPSA) is 49.4 Å². The number of nitrogens with zero attached hydrogens (tertiary/aromatic N) is 1. The van der Waals surface area contributed by atoms with E-state index in [9.17, 15) is 9.59 Å². The zero-order valence-corrected chi connectivity index (χ0v) is 18.7. The minimum absolute atomic E-state index is 0.0392. The molecule has 1 aliphatic heterocycles. The number of rotatable bonds is 3. The molecule has 7 heteroatoms. The van der Waals surface area contributed by atoms with Crippen molar-refractivity contribution in [3.63, 3.8) is 0 Å². The normalized spacial score (nSPS) is 21.1. The van der Waals surface area contributed by atoms with Gasteiger partial charge in [0.05, 0.1) is 21.2 Å². The van der Waals surface area contributed by atoms with Crippen LogP contribution in [-0.4, -0.2) is 29.8 Å². The van der Waals surface area contributed by atoms with Crippen LogP contribution in [0.15, 0.2) is 36.4 Å². The van der Waals surface area contributed by atoms with Gasteiger partial charge >= 0.3 is 0 Å². The van der Waals surface area contributed by atoms with Gasteiger partial charge in [0.2, 0.25) is 0 Å². The van der Waals surface area contributed by atoms with Crippen LogP contribution in [0.2, 0.25) is 15.1 Å². The lowest BCUT2D eigenvalue weighted by atomic mass is 9.75. The number of likely N-dealkylation sites (tertiary alicyclic amines) is 1. The molecule has 1 saturated carbocycles. The first-order valence-corrected chi connectivity index (χ1v) is 11.4. The quantitative estimate of drug-likeness (QED) is 0.558. The molecule has 1 heterocycles. The first-order chi connectivity index (χ1) is 14.4. The van der Waals surface area contributed by atoms with Crippen molar-refractivity contribution in [2.75, 3.05) is 18.4 Å². The molecule has 2 aliphatic rings. The molecular formula is C23H23Cl3N2O2. The number of anilines is 1. The minimum Gasteiger partial charge on any atom is -0.338 e. The van der Waals surface area contributed by atoms with E-state index in [0.717, 1.165) is 25.4 Å². The van der Waals surface area contributed by atoms with E-state index >= 15 is 0 Å². The van der Waals surface area contributed by atoms with E-state index < -0.39 is 0 Å².